The minimum Gasteiger partial charge on any atom is -0.294 e. The average molecular weight is 155 g/mol. The highest BCUT2D eigenvalue weighted by Crippen LogP contribution is 1.99. The van der Waals surface area contributed by atoms with Crippen LogP contribution in [-0.4, -0.2) is 12.3 Å². The molecular weight excluding hydrogens is 134 g/mol. The van der Waals surface area contributed by atoms with Crippen LogP contribution < -0.4 is 0 Å². The quantitative estimate of drug-likeness (QED) is 0.540. The normalized spacial score (nSPS) is 12.6. The SMILES string of the molecule is CCCCC(C)=NCC(C)C. The van der Waals surface area contributed by atoms with Crippen molar-refractivity contribution in [2.45, 2.75) is 47.0 Å². The van der Waals surface area contributed by atoms with Crippen molar-refractivity contribution >= 4 is 5.71 Å². The summed E-state index contributed by atoms with van der Waals surface area (Å²) >= 11 is 0. The van der Waals surface area contributed by atoms with Crippen molar-refractivity contribution in [2.24, 2.45) is 10.9 Å². The molecule has 0 amide bonds. The van der Waals surface area contributed by atoms with E-state index in [0.717, 1.165) is 6.54 Å². The summed E-state index contributed by atoms with van der Waals surface area (Å²) in [7, 11) is 0. The van der Waals surface area contributed by atoms with E-state index in [0.29, 0.717) is 5.92 Å². The van der Waals surface area contributed by atoms with Crippen LogP contribution in [0, 0.1) is 5.92 Å². The predicted molar refractivity (Wildman–Crippen MR) is 52.3 cm³/mol. The molecule has 0 aromatic rings. The molecule has 0 heterocycles. The van der Waals surface area contributed by atoms with Gasteiger partial charge in [0.25, 0.3) is 0 Å². The number of hydrogen-bond donors (Lipinski definition) is 0. The summed E-state index contributed by atoms with van der Waals surface area (Å²) in [4.78, 5) is 4.48. The Morgan fingerprint density at radius 2 is 2.00 bits per heavy atom. The smallest absolute Gasteiger partial charge is 0.0411 e. The number of unbranched alkanes of at least 4 members (excludes halogenated alkanes) is 1. The molecule has 0 saturated carbocycles. The molecule has 1 nitrogen and oxygen atoms in total. The third kappa shape index (κ3) is 7.57. The molecule has 0 aliphatic rings. The summed E-state index contributed by atoms with van der Waals surface area (Å²) in [5, 5.41) is 0. The van der Waals surface area contributed by atoms with Gasteiger partial charge in [0.2, 0.25) is 0 Å². The molecule has 0 aromatic carbocycles. The highest BCUT2D eigenvalue weighted by atomic mass is 14.7. The number of nitrogens with zero attached hydrogens (tertiary/aromatic N) is 1. The number of hydrogen-bond acceptors (Lipinski definition) is 1. The van der Waals surface area contributed by atoms with Gasteiger partial charge in [-0.3, -0.25) is 4.99 Å². The summed E-state index contributed by atoms with van der Waals surface area (Å²) in [6, 6.07) is 0. The molecule has 0 rings (SSSR count). The van der Waals surface area contributed by atoms with Crippen LogP contribution in [-0.2, 0) is 0 Å². The van der Waals surface area contributed by atoms with Crippen LogP contribution in [0.25, 0.3) is 0 Å². The van der Waals surface area contributed by atoms with Crippen molar-refractivity contribution in [2.75, 3.05) is 6.54 Å². The number of aliphatic imine (C=N–C) groups is 1. The largest absolute Gasteiger partial charge is 0.294 e. The van der Waals surface area contributed by atoms with Crippen LogP contribution in [0.1, 0.15) is 47.0 Å². The van der Waals surface area contributed by atoms with Crippen LogP contribution in [0.4, 0.5) is 0 Å². The van der Waals surface area contributed by atoms with Crippen molar-refractivity contribution in [3.05, 3.63) is 0 Å². The molecule has 0 unspecified atom stereocenters. The van der Waals surface area contributed by atoms with Gasteiger partial charge >= 0.3 is 0 Å². The maximum atomic E-state index is 4.48. The maximum absolute atomic E-state index is 4.48. The Balaban J connectivity index is 3.46. The first-order valence-electron chi connectivity index (χ1n) is 4.66. The Bertz CT molecular complexity index is 114. The van der Waals surface area contributed by atoms with Crippen molar-refractivity contribution in [3.63, 3.8) is 0 Å². The van der Waals surface area contributed by atoms with Gasteiger partial charge in [0, 0.05) is 12.3 Å². The van der Waals surface area contributed by atoms with Gasteiger partial charge < -0.3 is 0 Å². The Hall–Kier alpha value is -0.330. The molecule has 0 atom stereocenters. The fourth-order valence-electron chi connectivity index (χ4n) is 0.850. The molecule has 0 saturated heterocycles. The standard InChI is InChI=1S/C10H21N/c1-5-6-7-10(4)11-8-9(2)3/h9H,5-8H2,1-4H3. The first-order valence-corrected chi connectivity index (χ1v) is 4.66. The monoisotopic (exact) mass is 155 g/mol. The van der Waals surface area contributed by atoms with Crippen LogP contribution in [0.15, 0.2) is 4.99 Å². The van der Waals surface area contributed by atoms with Gasteiger partial charge in [-0.15, -0.1) is 0 Å². The van der Waals surface area contributed by atoms with Gasteiger partial charge in [-0.05, 0) is 25.7 Å². The zero-order valence-corrected chi connectivity index (χ0v) is 8.35. The van der Waals surface area contributed by atoms with E-state index in [-0.39, 0.29) is 0 Å². The van der Waals surface area contributed by atoms with Crippen LogP contribution >= 0.6 is 0 Å². The van der Waals surface area contributed by atoms with Crippen LogP contribution in [0.3, 0.4) is 0 Å². The molecule has 0 fully saturated rings. The lowest BCUT2D eigenvalue weighted by atomic mass is 10.2. The van der Waals surface area contributed by atoms with E-state index in [1.807, 2.05) is 0 Å². The van der Waals surface area contributed by atoms with Gasteiger partial charge in [0.05, 0.1) is 0 Å². The Morgan fingerprint density at radius 3 is 2.45 bits per heavy atom. The molecule has 11 heavy (non-hydrogen) atoms. The fourth-order valence-corrected chi connectivity index (χ4v) is 0.850. The average Bonchev–Trinajstić information content (AvgIpc) is 1.97. The highest BCUT2D eigenvalue weighted by Gasteiger charge is 1.92. The second-order valence-corrected chi connectivity index (χ2v) is 3.57. The Morgan fingerprint density at radius 1 is 1.36 bits per heavy atom. The van der Waals surface area contributed by atoms with Crippen molar-refractivity contribution < 1.29 is 0 Å². The van der Waals surface area contributed by atoms with E-state index < -0.39 is 0 Å². The van der Waals surface area contributed by atoms with Gasteiger partial charge in [0.15, 0.2) is 0 Å². The van der Waals surface area contributed by atoms with Crippen molar-refractivity contribution in [3.8, 4) is 0 Å². The molecule has 0 N–H and O–H groups in total. The van der Waals surface area contributed by atoms with Crippen LogP contribution in [0.2, 0.25) is 0 Å². The zero-order chi connectivity index (χ0) is 8.69. The van der Waals surface area contributed by atoms with Crippen LogP contribution in [0.5, 0.6) is 0 Å². The maximum Gasteiger partial charge on any atom is 0.0411 e. The van der Waals surface area contributed by atoms with Gasteiger partial charge in [-0.1, -0.05) is 27.2 Å². The molecule has 0 aromatic heterocycles. The Labute approximate surface area is 70.9 Å². The number of rotatable bonds is 5. The summed E-state index contributed by atoms with van der Waals surface area (Å²) in [6.07, 6.45) is 3.74. The molecule has 0 bridgehead atoms. The lowest BCUT2D eigenvalue weighted by Crippen LogP contribution is -1.98. The highest BCUT2D eigenvalue weighted by molar-refractivity contribution is 5.81. The van der Waals surface area contributed by atoms with Crippen molar-refractivity contribution in [1.82, 2.24) is 0 Å². The van der Waals surface area contributed by atoms with Gasteiger partial charge in [-0.2, -0.15) is 0 Å². The third-order valence-corrected chi connectivity index (χ3v) is 1.62. The van der Waals surface area contributed by atoms with Gasteiger partial charge in [0.1, 0.15) is 0 Å². The summed E-state index contributed by atoms with van der Waals surface area (Å²) < 4.78 is 0. The lowest BCUT2D eigenvalue weighted by Gasteiger charge is -2.01. The lowest BCUT2D eigenvalue weighted by molar-refractivity contribution is 0.662. The Kier molecular flexibility index (Phi) is 6.19. The van der Waals surface area contributed by atoms with E-state index >= 15 is 0 Å². The molecule has 0 radical (unpaired) electrons. The predicted octanol–water partition coefficient (Wildman–Crippen LogP) is 3.29. The van der Waals surface area contributed by atoms with E-state index in [1.54, 1.807) is 0 Å². The second kappa shape index (κ2) is 6.38. The summed E-state index contributed by atoms with van der Waals surface area (Å²) in [6.45, 7) is 9.76. The van der Waals surface area contributed by atoms with E-state index in [9.17, 15) is 0 Å². The summed E-state index contributed by atoms with van der Waals surface area (Å²) in [5.74, 6) is 0.701. The van der Waals surface area contributed by atoms with E-state index in [2.05, 4.69) is 32.7 Å². The van der Waals surface area contributed by atoms with E-state index in [1.165, 1.54) is 25.0 Å². The minimum absolute atomic E-state index is 0.701. The first-order chi connectivity index (χ1) is 5.16. The van der Waals surface area contributed by atoms with Crippen molar-refractivity contribution in [1.29, 1.82) is 0 Å². The molecule has 0 spiro atoms. The topological polar surface area (TPSA) is 12.4 Å². The molecule has 0 aliphatic heterocycles. The molecule has 1 heteroatoms. The molecular formula is C10H21N. The fraction of sp³-hybridized carbons (Fsp3) is 0.900. The molecule has 0 aliphatic carbocycles. The summed E-state index contributed by atoms with van der Waals surface area (Å²) in [5.41, 5.74) is 1.32. The minimum atomic E-state index is 0.701. The second-order valence-electron chi connectivity index (χ2n) is 3.57. The third-order valence-electron chi connectivity index (χ3n) is 1.62. The van der Waals surface area contributed by atoms with Gasteiger partial charge in [-0.25, -0.2) is 0 Å². The first kappa shape index (κ1) is 10.7. The zero-order valence-electron chi connectivity index (χ0n) is 8.35. The van der Waals surface area contributed by atoms with E-state index in [4.69, 9.17) is 0 Å². The molecule has 66 valence electrons.